The molecule has 5 heteroatoms. The number of carbonyl (C=O) groups is 1. The van der Waals surface area contributed by atoms with Gasteiger partial charge in [0.15, 0.2) is 0 Å². The van der Waals surface area contributed by atoms with E-state index in [-0.39, 0.29) is 5.92 Å². The van der Waals surface area contributed by atoms with Crippen LogP contribution in [0.4, 0.5) is 0 Å². The van der Waals surface area contributed by atoms with Crippen molar-refractivity contribution in [1.82, 2.24) is 19.7 Å². The molecule has 0 N–H and O–H groups in total. The minimum Gasteiger partial charge on any atom is -0.320 e. The summed E-state index contributed by atoms with van der Waals surface area (Å²) in [5.41, 5.74) is 0. The topological polar surface area (TPSA) is 51.0 Å². The number of ketones is 1. The van der Waals surface area contributed by atoms with Gasteiger partial charge in [-0.05, 0) is 32.2 Å². The average molecular weight is 276 g/mol. The van der Waals surface area contributed by atoms with Crippen molar-refractivity contribution < 1.29 is 4.79 Å². The van der Waals surface area contributed by atoms with Crippen molar-refractivity contribution in [2.24, 2.45) is 13.0 Å². The summed E-state index contributed by atoms with van der Waals surface area (Å²) in [5, 5.41) is 8.15. The molecule has 2 fully saturated rings. The normalized spacial score (nSPS) is 28.8. The van der Waals surface area contributed by atoms with E-state index in [2.05, 4.69) is 15.1 Å². The van der Waals surface area contributed by atoms with Crippen molar-refractivity contribution in [3.63, 3.8) is 0 Å². The average Bonchev–Trinajstić information content (AvgIpc) is 2.86. The summed E-state index contributed by atoms with van der Waals surface area (Å²) in [4.78, 5) is 14.7. The van der Waals surface area contributed by atoms with Gasteiger partial charge < -0.3 is 4.57 Å². The SMILES string of the molecule is Cn1cnnc1CN1CCCCC1C1CCCCC1=O. The zero-order chi connectivity index (χ0) is 13.9. The fourth-order valence-electron chi connectivity index (χ4n) is 3.72. The number of aryl methyl sites for hydroxylation is 1. The van der Waals surface area contributed by atoms with Gasteiger partial charge in [0.05, 0.1) is 6.54 Å². The number of aromatic nitrogens is 3. The molecule has 0 amide bonds. The van der Waals surface area contributed by atoms with Crippen LogP contribution < -0.4 is 0 Å². The molecule has 0 spiro atoms. The first-order valence-corrected chi connectivity index (χ1v) is 7.85. The molecule has 2 aliphatic rings. The van der Waals surface area contributed by atoms with Gasteiger partial charge in [-0.25, -0.2) is 0 Å². The van der Waals surface area contributed by atoms with Gasteiger partial charge in [-0.1, -0.05) is 12.8 Å². The van der Waals surface area contributed by atoms with E-state index in [9.17, 15) is 4.79 Å². The van der Waals surface area contributed by atoms with Crippen molar-refractivity contribution in [1.29, 1.82) is 0 Å². The first-order valence-electron chi connectivity index (χ1n) is 7.85. The third-order valence-corrected chi connectivity index (χ3v) is 4.88. The number of nitrogens with zero attached hydrogens (tertiary/aromatic N) is 4. The van der Waals surface area contributed by atoms with E-state index in [1.807, 2.05) is 11.6 Å². The van der Waals surface area contributed by atoms with E-state index >= 15 is 0 Å². The van der Waals surface area contributed by atoms with Gasteiger partial charge in [0.1, 0.15) is 17.9 Å². The molecule has 1 aromatic rings. The highest BCUT2D eigenvalue weighted by Crippen LogP contribution is 2.32. The Balaban J connectivity index is 1.73. The summed E-state index contributed by atoms with van der Waals surface area (Å²) >= 11 is 0. The number of hydrogen-bond donors (Lipinski definition) is 0. The molecule has 0 radical (unpaired) electrons. The number of piperidine rings is 1. The third-order valence-electron chi connectivity index (χ3n) is 4.88. The van der Waals surface area contributed by atoms with Crippen LogP contribution in [-0.2, 0) is 18.4 Å². The standard InChI is InChI=1S/C15H24N4O/c1-18-11-16-17-15(18)10-19-9-5-4-7-13(19)12-6-2-3-8-14(12)20/h11-13H,2-10H2,1H3. The highest BCUT2D eigenvalue weighted by molar-refractivity contribution is 5.82. The van der Waals surface area contributed by atoms with E-state index in [1.165, 1.54) is 19.3 Å². The van der Waals surface area contributed by atoms with E-state index in [0.717, 1.165) is 44.6 Å². The first kappa shape index (κ1) is 13.7. The Bertz CT molecular complexity index is 470. The van der Waals surface area contributed by atoms with Crippen LogP contribution in [0.15, 0.2) is 6.33 Å². The van der Waals surface area contributed by atoms with Crippen LogP contribution in [0, 0.1) is 5.92 Å². The first-order chi connectivity index (χ1) is 9.75. The molecule has 2 heterocycles. The van der Waals surface area contributed by atoms with Crippen LogP contribution in [0.2, 0.25) is 0 Å². The molecule has 1 aliphatic heterocycles. The van der Waals surface area contributed by atoms with Crippen LogP contribution in [0.1, 0.15) is 50.8 Å². The van der Waals surface area contributed by atoms with Crippen LogP contribution in [-0.4, -0.2) is 38.0 Å². The van der Waals surface area contributed by atoms with Gasteiger partial charge in [-0.2, -0.15) is 0 Å². The largest absolute Gasteiger partial charge is 0.320 e. The maximum absolute atomic E-state index is 12.2. The summed E-state index contributed by atoms with van der Waals surface area (Å²) in [6.45, 7) is 1.91. The Hall–Kier alpha value is -1.23. The zero-order valence-electron chi connectivity index (χ0n) is 12.3. The van der Waals surface area contributed by atoms with Gasteiger partial charge in [-0.15, -0.1) is 10.2 Å². The Kier molecular flexibility index (Phi) is 4.15. The second kappa shape index (κ2) is 6.04. The fourth-order valence-corrected chi connectivity index (χ4v) is 3.72. The van der Waals surface area contributed by atoms with E-state index in [0.29, 0.717) is 11.8 Å². The molecular formula is C15H24N4O. The smallest absolute Gasteiger partial charge is 0.146 e. The lowest BCUT2D eigenvalue weighted by molar-refractivity contribution is -0.127. The van der Waals surface area contributed by atoms with Crippen molar-refractivity contribution in [2.75, 3.05) is 6.54 Å². The molecule has 0 aromatic carbocycles. The molecule has 1 aromatic heterocycles. The molecule has 5 nitrogen and oxygen atoms in total. The summed E-state index contributed by atoms with van der Waals surface area (Å²) in [6.07, 6.45) is 9.57. The van der Waals surface area contributed by atoms with E-state index in [1.54, 1.807) is 6.33 Å². The van der Waals surface area contributed by atoms with Gasteiger partial charge in [0.2, 0.25) is 0 Å². The Morgan fingerprint density at radius 3 is 2.85 bits per heavy atom. The van der Waals surface area contributed by atoms with Crippen LogP contribution in [0.5, 0.6) is 0 Å². The van der Waals surface area contributed by atoms with Crippen molar-refractivity contribution in [3.05, 3.63) is 12.2 Å². The van der Waals surface area contributed by atoms with E-state index in [4.69, 9.17) is 0 Å². The summed E-state index contributed by atoms with van der Waals surface area (Å²) in [5.74, 6) is 1.75. The molecule has 0 bridgehead atoms. The maximum Gasteiger partial charge on any atom is 0.146 e. The highest BCUT2D eigenvalue weighted by Gasteiger charge is 2.35. The molecule has 1 saturated heterocycles. The minimum atomic E-state index is 0.261. The number of carbonyl (C=O) groups excluding carboxylic acids is 1. The minimum absolute atomic E-state index is 0.261. The number of rotatable bonds is 3. The fraction of sp³-hybridized carbons (Fsp3) is 0.800. The third kappa shape index (κ3) is 2.77. The number of hydrogen-bond acceptors (Lipinski definition) is 4. The van der Waals surface area contributed by atoms with Crippen LogP contribution in [0.25, 0.3) is 0 Å². The Labute approximate surface area is 120 Å². The number of Topliss-reactive ketones (excluding diaryl/α,β-unsaturated/α-hetero) is 1. The van der Waals surface area contributed by atoms with Gasteiger partial charge in [0, 0.05) is 25.4 Å². The van der Waals surface area contributed by atoms with Crippen molar-refractivity contribution in [3.8, 4) is 0 Å². The zero-order valence-corrected chi connectivity index (χ0v) is 12.3. The lowest BCUT2D eigenvalue weighted by Gasteiger charge is -2.40. The Morgan fingerprint density at radius 2 is 2.10 bits per heavy atom. The molecule has 3 rings (SSSR count). The Morgan fingerprint density at radius 1 is 1.25 bits per heavy atom. The van der Waals surface area contributed by atoms with Crippen molar-refractivity contribution in [2.45, 2.75) is 57.5 Å². The molecule has 2 atom stereocenters. The maximum atomic E-state index is 12.2. The van der Waals surface area contributed by atoms with Crippen molar-refractivity contribution >= 4 is 5.78 Å². The summed E-state index contributed by atoms with van der Waals surface area (Å²) < 4.78 is 1.98. The predicted molar refractivity (Wildman–Crippen MR) is 76.0 cm³/mol. The molecule has 110 valence electrons. The second-order valence-corrected chi connectivity index (χ2v) is 6.21. The van der Waals surface area contributed by atoms with Gasteiger partial charge in [-0.3, -0.25) is 9.69 Å². The molecule has 1 aliphatic carbocycles. The molecule has 1 saturated carbocycles. The monoisotopic (exact) mass is 276 g/mol. The summed E-state index contributed by atoms with van der Waals surface area (Å²) in [7, 11) is 1.99. The van der Waals surface area contributed by atoms with Gasteiger partial charge in [0.25, 0.3) is 0 Å². The quantitative estimate of drug-likeness (QED) is 0.846. The summed E-state index contributed by atoms with van der Waals surface area (Å²) in [6, 6.07) is 0.424. The predicted octanol–water partition coefficient (Wildman–Crippen LogP) is 1.93. The van der Waals surface area contributed by atoms with Crippen LogP contribution in [0.3, 0.4) is 0 Å². The second-order valence-electron chi connectivity index (χ2n) is 6.21. The molecule has 20 heavy (non-hydrogen) atoms. The number of likely N-dealkylation sites (tertiary alicyclic amines) is 1. The lowest BCUT2D eigenvalue weighted by atomic mass is 9.79. The highest BCUT2D eigenvalue weighted by atomic mass is 16.1. The molecular weight excluding hydrogens is 252 g/mol. The van der Waals surface area contributed by atoms with E-state index < -0.39 is 0 Å². The van der Waals surface area contributed by atoms with Crippen LogP contribution >= 0.6 is 0 Å². The lowest BCUT2D eigenvalue weighted by Crippen LogP contribution is -2.47. The molecule has 2 unspecified atom stereocenters. The van der Waals surface area contributed by atoms with Gasteiger partial charge >= 0.3 is 0 Å².